The average molecular weight is 1710 g/mol. The highest BCUT2D eigenvalue weighted by Gasteiger charge is 2.42. The Morgan fingerprint density at radius 3 is 1.41 bits per heavy atom. The highest BCUT2D eigenvalue weighted by molar-refractivity contribution is 7.98. The van der Waals surface area contributed by atoms with Gasteiger partial charge in [0.25, 0.3) is 0 Å². The van der Waals surface area contributed by atoms with Crippen LogP contribution in [-0.2, 0) is 105 Å². The summed E-state index contributed by atoms with van der Waals surface area (Å²) in [6.07, 6.45) is -0.759. The summed E-state index contributed by atoms with van der Waals surface area (Å²) in [7, 11) is -4.50. The number of nitrogen functional groups attached to an aromatic ring is 1. The van der Waals surface area contributed by atoms with Crippen LogP contribution in [0.3, 0.4) is 0 Å². The van der Waals surface area contributed by atoms with Gasteiger partial charge in [0.1, 0.15) is 60.2 Å². The Labute approximate surface area is 698 Å². The minimum Gasteiger partial charge on any atom is -0.481 e. The van der Waals surface area contributed by atoms with E-state index in [1.807, 2.05) is 0 Å². The third kappa shape index (κ3) is 32.2. The number of fused-ring (bicyclic) bond motifs is 1. The molecule has 1 heterocycles. The molecule has 14 amide bonds. The number of aromatic amines is 1. The summed E-state index contributed by atoms with van der Waals surface area (Å²) in [6.45, 7) is 8.40. The molecule has 4 aromatic carbocycles. The average Bonchev–Trinajstić information content (AvgIpc) is 1.65. The Kier molecular flexibility index (Phi) is 40.7. The van der Waals surface area contributed by atoms with E-state index >= 15 is 9.36 Å². The molecule has 0 aliphatic carbocycles. The summed E-state index contributed by atoms with van der Waals surface area (Å²) in [6, 6.07) is 14.5. The number of aromatic nitrogens is 1. The molecule has 0 spiro atoms. The van der Waals surface area contributed by atoms with Crippen LogP contribution in [0.25, 0.3) is 10.9 Å². The van der Waals surface area contributed by atoms with E-state index in [0.29, 0.717) is 39.6 Å². The molecular formula is C79H111N18O19PS2. The Morgan fingerprint density at radius 1 is 0.513 bits per heavy atom. The zero-order valence-electron chi connectivity index (χ0n) is 67.4. The van der Waals surface area contributed by atoms with E-state index in [2.05, 4.69) is 76.1 Å². The van der Waals surface area contributed by atoms with Gasteiger partial charge in [-0.05, 0) is 83.8 Å². The first-order valence-electron chi connectivity index (χ1n) is 38.6. The largest absolute Gasteiger partial charge is 0.481 e. The Morgan fingerprint density at radius 2 is 0.941 bits per heavy atom. The van der Waals surface area contributed by atoms with Crippen LogP contribution >= 0.6 is 32.0 Å². The van der Waals surface area contributed by atoms with E-state index in [1.165, 1.54) is 49.9 Å². The third-order valence-electron chi connectivity index (χ3n) is 19.4. The molecule has 0 aliphatic rings. The molecule has 648 valence electrons. The first-order valence-corrected chi connectivity index (χ1v) is 42.2. The summed E-state index contributed by atoms with van der Waals surface area (Å²) in [5.41, 5.74) is 30.9. The fourth-order valence-electron chi connectivity index (χ4n) is 12.0. The molecule has 13 atom stereocenters. The zero-order chi connectivity index (χ0) is 88.2. The van der Waals surface area contributed by atoms with Gasteiger partial charge in [0.2, 0.25) is 82.7 Å². The predicted molar refractivity (Wildman–Crippen MR) is 447 cm³/mol. The smallest absolute Gasteiger partial charge is 0.357 e. The number of rotatable bonds is 53. The first kappa shape index (κ1) is 98.3. The van der Waals surface area contributed by atoms with Crippen molar-refractivity contribution in [3.05, 3.63) is 143 Å². The second-order valence-electron chi connectivity index (χ2n) is 28.9. The number of carboxylic acids is 1. The molecule has 5 aromatic rings. The van der Waals surface area contributed by atoms with Crippen molar-refractivity contribution in [3.63, 3.8) is 0 Å². The molecule has 5 rings (SSSR count). The zero-order valence-corrected chi connectivity index (χ0v) is 70.0. The topological polar surface area (TPSA) is 614 Å². The highest BCUT2D eigenvalue weighted by Crippen LogP contribution is 2.61. The first-order chi connectivity index (χ1) is 56.4. The lowest BCUT2D eigenvalue weighted by Crippen LogP contribution is -2.62. The van der Waals surface area contributed by atoms with Crippen LogP contribution < -0.4 is 87.2 Å². The van der Waals surface area contributed by atoms with Crippen molar-refractivity contribution < 1.29 is 90.6 Å². The van der Waals surface area contributed by atoms with Crippen LogP contribution in [0.1, 0.15) is 139 Å². The van der Waals surface area contributed by atoms with Gasteiger partial charge < -0.3 is 106 Å². The van der Waals surface area contributed by atoms with E-state index in [0.717, 1.165) is 0 Å². The molecule has 24 N–H and O–H groups in total. The summed E-state index contributed by atoms with van der Waals surface area (Å²) in [5.74, 6) is -19.2. The lowest BCUT2D eigenvalue weighted by molar-refractivity contribution is -0.139. The molecule has 1 aromatic heterocycles. The van der Waals surface area contributed by atoms with Gasteiger partial charge in [-0.15, -0.1) is 0 Å². The maximum atomic E-state index is 15.3. The van der Waals surface area contributed by atoms with Gasteiger partial charge in [-0.25, -0.2) is 0 Å². The van der Waals surface area contributed by atoms with Gasteiger partial charge in [0, 0.05) is 54.1 Å². The van der Waals surface area contributed by atoms with Crippen molar-refractivity contribution in [2.24, 2.45) is 46.4 Å². The van der Waals surface area contributed by atoms with Gasteiger partial charge in [0.15, 0.2) is 5.78 Å². The standard InChI is InChI=1S/C79H111N18O19PS2/c1-8-44(5)66(97-78(113)67(45(6)9-2)96-73(108)55(29-32-61(82)99)88-69(104)52(80)42-118)77(112)93-59(37-62(83)100)75(110)91-57(34-35-119-7)71(106)92-58(36-50-38-86-53-23-17-16-22-51(50)53)74(109)90-54(28-31-60(81)98)70(105)89-56(30-33-64(102)103)72(107)95-65(43(3)4)76(111)87-39-63(101)94-79(49-26-24-48(25-27-49)68(84)85)117(114,115-40-46-18-12-10-13-19-46)116-41-47-20-14-11-15-21-47/h10-27,38,43-45,52,54-59,65-67,79,86,118H,8-9,28-37,39-42,80H2,1-7H3,(H2,81,98)(H2,82,99)(H2,83,100)(H3,84,85)(H,87,111)(H,88,104)(H,89,105)(H,90,109)(H,91,110)(H,92,106)(H,93,112)(H,94,101)(H,95,107)(H,96,108)(H,97,113)(H,102,103)/t44-,45-,52-,54-,55-,56-,57-,58-,59-,65-,66-,67-,79?/m0/s1. The monoisotopic (exact) mass is 1710 g/mol. The number of thioether (sulfide) groups is 1. The molecule has 37 nitrogen and oxygen atoms in total. The van der Waals surface area contributed by atoms with Crippen molar-refractivity contribution in [1.82, 2.24) is 63.5 Å². The number of nitrogens with two attached hydrogens (primary N) is 5. The molecule has 40 heteroatoms. The second-order valence-corrected chi connectivity index (χ2v) is 32.3. The lowest BCUT2D eigenvalue weighted by Gasteiger charge is -2.31. The number of thiol groups is 1. The van der Waals surface area contributed by atoms with Crippen LogP contribution in [0, 0.1) is 23.2 Å². The minimum atomic E-state index is -4.50. The number of nitrogens with one attached hydrogen (secondary N) is 13. The number of hydrogen-bond acceptors (Lipinski definition) is 22. The van der Waals surface area contributed by atoms with E-state index in [4.69, 9.17) is 43.1 Å². The fraction of sp³-hybridized carbons (Fsp3) is 0.468. The van der Waals surface area contributed by atoms with Gasteiger partial charge in [-0.2, -0.15) is 24.4 Å². The molecule has 0 radical (unpaired) electrons. The van der Waals surface area contributed by atoms with Gasteiger partial charge in [-0.1, -0.05) is 158 Å². The Bertz CT molecular complexity index is 4350. The third-order valence-corrected chi connectivity index (χ3v) is 22.4. The van der Waals surface area contributed by atoms with E-state index < -0.39 is 219 Å². The summed E-state index contributed by atoms with van der Waals surface area (Å²) in [4.78, 5) is 210. The number of carbonyl (C=O) groups excluding carboxylic acids is 14. The Balaban J connectivity index is 1.41. The fourth-order valence-corrected chi connectivity index (χ4v) is 14.5. The number of benzene rings is 4. The number of carboxylic acid groups (broad SMARTS) is 1. The molecule has 1 unspecified atom stereocenters. The van der Waals surface area contributed by atoms with E-state index in [1.54, 1.807) is 125 Å². The molecule has 0 aliphatic heterocycles. The molecular weight excluding hydrogens is 1600 g/mol. The van der Waals surface area contributed by atoms with E-state index in [9.17, 15) is 72.2 Å². The molecule has 0 saturated carbocycles. The van der Waals surface area contributed by atoms with Crippen molar-refractivity contribution in [2.45, 2.75) is 192 Å². The quantitative estimate of drug-likeness (QED) is 0.0111. The SMILES string of the molecule is CC[C@H](C)[C@H](NC(=O)[C@H](CCC(N)=O)NC(=O)[C@@H](N)CS)C(=O)N[C@H](C(=O)N[C@@H](CC(N)=O)C(=O)N[C@@H](CCSC)C(=O)N[C@@H](Cc1c[nH]c2ccccc12)C(=O)N[C@@H](CCC(N)=O)C(=O)N[C@@H](CCC(=O)O)C(=O)N[C@H](C(=O)NCC(=O)NC(c1ccc(C(=N)N)cc1)P(=O)(OCc1ccccc1)OCc1ccccc1)C(C)C)[C@@H](C)CC. The predicted octanol–water partition coefficient (Wildman–Crippen LogP) is 0.945. The van der Waals surface area contributed by atoms with Crippen LogP contribution in [0.15, 0.2) is 115 Å². The van der Waals surface area contributed by atoms with Gasteiger partial charge >= 0.3 is 13.6 Å². The minimum absolute atomic E-state index is 0.101. The van der Waals surface area contributed by atoms with Crippen LogP contribution in [0.2, 0.25) is 0 Å². The van der Waals surface area contributed by atoms with Crippen molar-refractivity contribution in [2.75, 3.05) is 24.3 Å². The maximum Gasteiger partial charge on any atom is 0.357 e. The van der Waals surface area contributed by atoms with Crippen LogP contribution in [0.5, 0.6) is 0 Å². The maximum absolute atomic E-state index is 15.3. The summed E-state index contributed by atoms with van der Waals surface area (Å²) < 4.78 is 27.5. The summed E-state index contributed by atoms with van der Waals surface area (Å²) >= 11 is 5.28. The molecule has 119 heavy (non-hydrogen) atoms. The number of aliphatic carboxylic acids is 1. The highest BCUT2D eigenvalue weighted by atomic mass is 32.2. The lowest BCUT2D eigenvalue weighted by atomic mass is 9.94. The Hall–Kier alpha value is -11.3. The van der Waals surface area contributed by atoms with Crippen LogP contribution in [0.4, 0.5) is 0 Å². The number of para-hydroxylation sites is 1. The second kappa shape index (κ2) is 49.2. The number of H-pyrrole nitrogens is 1. The number of amidine groups is 1. The van der Waals surface area contributed by atoms with Crippen LogP contribution in [-0.4, -0.2) is 189 Å². The van der Waals surface area contributed by atoms with Gasteiger partial charge in [0.05, 0.1) is 32.2 Å². The number of amides is 14. The number of primary amides is 3. The molecule has 0 saturated heterocycles. The van der Waals surface area contributed by atoms with Crippen molar-refractivity contribution >= 4 is 137 Å². The molecule has 0 bridgehead atoms. The van der Waals surface area contributed by atoms with E-state index in [-0.39, 0.29) is 68.2 Å². The normalized spacial score (nSPS) is 14.6. The van der Waals surface area contributed by atoms with Gasteiger partial charge in [-0.3, -0.25) is 81.9 Å². The van der Waals surface area contributed by atoms with Crippen molar-refractivity contribution in [1.29, 1.82) is 5.41 Å². The molecule has 0 fully saturated rings. The number of carbonyl (C=O) groups is 15. The summed E-state index contributed by atoms with van der Waals surface area (Å²) in [5, 5.41) is 46.5. The van der Waals surface area contributed by atoms with Crippen molar-refractivity contribution in [3.8, 4) is 0 Å². The number of hydrogen-bond donors (Lipinski definition) is 20.